The molecule has 1 aromatic carbocycles. The number of hydrogen-bond acceptors (Lipinski definition) is 5. The van der Waals surface area contributed by atoms with Crippen LogP contribution < -0.4 is 0 Å². The van der Waals surface area contributed by atoms with E-state index >= 15 is 0 Å². The van der Waals surface area contributed by atoms with Crippen molar-refractivity contribution in [2.45, 2.75) is 14.7 Å². The molecule has 1 aromatic heterocycles. The smallest absolute Gasteiger partial charge is 0.265 e. The average molecular weight is 309 g/mol. The van der Waals surface area contributed by atoms with E-state index in [0.29, 0.717) is 9.79 Å². The largest absolute Gasteiger partial charge is 0.289 e. The molecule has 102 valence electrons. The van der Waals surface area contributed by atoms with E-state index in [2.05, 4.69) is 8.75 Å². The molecule has 2 heterocycles. The Kier molecular flexibility index (Phi) is 2.87. The highest BCUT2D eigenvalue weighted by atomic mass is 32.3. The second kappa shape index (κ2) is 4.46. The van der Waals surface area contributed by atoms with Gasteiger partial charge in [0.2, 0.25) is 0 Å². The number of nitrogens with zero attached hydrogens (tertiary/aromatic N) is 3. The fraction of sp³-hybridized carbons (Fsp3) is 0. The van der Waals surface area contributed by atoms with Crippen LogP contribution in [-0.4, -0.2) is 18.3 Å². The summed E-state index contributed by atoms with van der Waals surface area (Å²) in [6, 6.07) is 7.15. The molecule has 2 aromatic rings. The zero-order valence-electron chi connectivity index (χ0n) is 9.83. The van der Waals surface area contributed by atoms with Gasteiger partial charge in [0.1, 0.15) is 4.90 Å². The number of fused-ring (bicyclic) bond motifs is 1. The van der Waals surface area contributed by atoms with Gasteiger partial charge in [-0.1, -0.05) is 0 Å². The predicted molar refractivity (Wildman–Crippen MR) is 70.8 cm³/mol. The van der Waals surface area contributed by atoms with Crippen LogP contribution in [0.25, 0.3) is 0 Å². The van der Waals surface area contributed by atoms with Gasteiger partial charge >= 0.3 is 0 Å². The minimum Gasteiger partial charge on any atom is -0.265 e. The van der Waals surface area contributed by atoms with Crippen molar-refractivity contribution in [3.63, 3.8) is 0 Å². The number of sulfonamides is 1. The Morgan fingerprint density at radius 2 is 1.85 bits per heavy atom. The number of benzene rings is 1. The maximum Gasteiger partial charge on any atom is 0.289 e. The van der Waals surface area contributed by atoms with Crippen molar-refractivity contribution in [3.8, 4) is 0 Å². The van der Waals surface area contributed by atoms with E-state index in [1.54, 1.807) is 24.5 Å². The summed E-state index contributed by atoms with van der Waals surface area (Å²) in [7, 11) is -4.83. The number of non-ortho nitro benzene ring substituents is 1. The number of hydrogen-bond donors (Lipinski definition) is 0. The number of aromatic nitrogens is 1. The molecule has 7 nitrogen and oxygen atoms in total. The summed E-state index contributed by atoms with van der Waals surface area (Å²) in [5.74, 6) is 0. The first-order chi connectivity index (χ1) is 9.49. The zero-order chi connectivity index (χ0) is 14.3. The van der Waals surface area contributed by atoms with E-state index in [1.807, 2.05) is 0 Å². The summed E-state index contributed by atoms with van der Waals surface area (Å²) >= 11 is 0. The van der Waals surface area contributed by atoms with Crippen LogP contribution in [0, 0.1) is 10.1 Å². The Morgan fingerprint density at radius 1 is 1.15 bits per heavy atom. The van der Waals surface area contributed by atoms with Crippen molar-refractivity contribution in [3.05, 3.63) is 52.8 Å². The van der Waals surface area contributed by atoms with Gasteiger partial charge in [-0.05, 0) is 28.9 Å². The molecule has 9 heteroatoms. The monoisotopic (exact) mass is 309 g/mol. The van der Waals surface area contributed by atoms with Crippen LogP contribution in [0.15, 0.2) is 61.2 Å². The first kappa shape index (κ1) is 12.9. The van der Waals surface area contributed by atoms with E-state index in [9.17, 15) is 18.5 Å². The normalized spacial score (nSPS) is 19.1. The molecule has 0 saturated heterocycles. The third-order valence-electron chi connectivity index (χ3n) is 2.67. The lowest BCUT2D eigenvalue weighted by atomic mass is 10.3. The maximum absolute atomic E-state index is 12.0. The molecule has 0 spiro atoms. The van der Waals surface area contributed by atoms with Crippen molar-refractivity contribution in [1.29, 1.82) is 0 Å². The molecule has 1 aliphatic rings. The van der Waals surface area contributed by atoms with Gasteiger partial charge in [0, 0.05) is 34.3 Å². The third kappa shape index (κ3) is 2.00. The standard InChI is InChI=1S/C11H7N3O4S2/c15-14(16)8-1-2-10-11(7-8)20(17,18)13-19(10)9-3-5-12-6-4-9/h1-7H. The first-order valence-corrected chi connectivity index (χ1v) is 8.02. The second-order valence-electron chi connectivity index (χ2n) is 3.91. The molecule has 20 heavy (non-hydrogen) atoms. The van der Waals surface area contributed by atoms with Crippen LogP contribution in [0.4, 0.5) is 5.69 Å². The number of nitro benzene ring substituents is 1. The first-order valence-electron chi connectivity index (χ1n) is 5.40. The molecule has 0 aliphatic carbocycles. The molecule has 0 fully saturated rings. The minimum absolute atomic E-state index is 0.0909. The molecule has 1 unspecified atom stereocenters. The van der Waals surface area contributed by atoms with Crippen molar-refractivity contribution < 1.29 is 13.3 Å². The third-order valence-corrected chi connectivity index (χ3v) is 6.57. The molecular weight excluding hydrogens is 302 g/mol. The fourth-order valence-electron chi connectivity index (χ4n) is 1.79. The maximum atomic E-state index is 12.0. The van der Waals surface area contributed by atoms with Crippen LogP contribution >= 0.6 is 0 Å². The van der Waals surface area contributed by atoms with E-state index in [-0.39, 0.29) is 10.6 Å². The lowest BCUT2D eigenvalue weighted by molar-refractivity contribution is -0.385. The molecule has 0 N–H and O–H groups in total. The number of rotatable bonds is 2. The summed E-state index contributed by atoms with van der Waals surface area (Å²) in [5.41, 5.74) is -0.261. The summed E-state index contributed by atoms with van der Waals surface area (Å²) in [5, 5.41) is 10.7. The lowest BCUT2D eigenvalue weighted by Crippen LogP contribution is -1.96. The van der Waals surface area contributed by atoms with E-state index in [1.165, 1.54) is 12.1 Å². The molecule has 0 bridgehead atoms. The van der Waals surface area contributed by atoms with Gasteiger partial charge in [0.05, 0.1) is 4.92 Å². The summed E-state index contributed by atoms with van der Waals surface area (Å²) in [6.07, 6.45) is 3.10. The Bertz CT molecular complexity index is 847. The summed E-state index contributed by atoms with van der Waals surface area (Å²) < 4.78 is 27.8. The molecule has 1 atom stereocenters. The van der Waals surface area contributed by atoms with Gasteiger partial charge in [-0.25, -0.2) is 0 Å². The van der Waals surface area contributed by atoms with Crippen molar-refractivity contribution in [2.24, 2.45) is 3.77 Å². The SMILES string of the molecule is O=[N+]([O-])c1ccc2c(c1)S(=O)(=O)N=S2c1ccncc1. The van der Waals surface area contributed by atoms with Crippen LogP contribution in [-0.2, 0) is 20.7 Å². The lowest BCUT2D eigenvalue weighted by Gasteiger charge is -2.02. The Balaban J connectivity index is 2.23. The Labute approximate surface area is 116 Å². The highest BCUT2D eigenvalue weighted by Gasteiger charge is 2.31. The van der Waals surface area contributed by atoms with Gasteiger partial charge in [0.15, 0.2) is 0 Å². The van der Waals surface area contributed by atoms with Gasteiger partial charge in [-0.2, -0.15) is 8.42 Å². The van der Waals surface area contributed by atoms with Crippen LogP contribution in [0.3, 0.4) is 0 Å². The number of nitro groups is 1. The van der Waals surface area contributed by atoms with E-state index in [4.69, 9.17) is 0 Å². The molecular formula is C11H7N3O4S2. The summed E-state index contributed by atoms with van der Waals surface area (Å²) in [6.45, 7) is 0. The Morgan fingerprint density at radius 3 is 2.50 bits per heavy atom. The van der Waals surface area contributed by atoms with Gasteiger partial charge in [-0.3, -0.25) is 15.1 Å². The number of pyridine rings is 1. The highest BCUT2D eigenvalue weighted by Crippen LogP contribution is 2.36. The predicted octanol–water partition coefficient (Wildman–Crippen LogP) is 1.91. The van der Waals surface area contributed by atoms with Gasteiger partial charge < -0.3 is 0 Å². The molecule has 0 amide bonds. The van der Waals surface area contributed by atoms with Crippen LogP contribution in [0.2, 0.25) is 0 Å². The van der Waals surface area contributed by atoms with E-state index < -0.39 is 25.6 Å². The fourth-order valence-corrected chi connectivity index (χ4v) is 5.78. The highest BCUT2D eigenvalue weighted by molar-refractivity contribution is 8.02. The van der Waals surface area contributed by atoms with Crippen molar-refractivity contribution in [1.82, 2.24) is 4.98 Å². The topological polar surface area (TPSA) is 103 Å². The second-order valence-corrected chi connectivity index (χ2v) is 7.37. The van der Waals surface area contributed by atoms with E-state index in [0.717, 1.165) is 6.07 Å². The zero-order valence-corrected chi connectivity index (χ0v) is 11.5. The van der Waals surface area contributed by atoms with Gasteiger partial charge in [0.25, 0.3) is 15.7 Å². The average Bonchev–Trinajstić information content (AvgIpc) is 2.71. The molecule has 1 aliphatic heterocycles. The molecule has 0 radical (unpaired) electrons. The van der Waals surface area contributed by atoms with Crippen molar-refractivity contribution in [2.75, 3.05) is 0 Å². The quantitative estimate of drug-likeness (QED) is 0.622. The molecule has 3 rings (SSSR count). The Hall–Kier alpha value is -2.13. The minimum atomic E-state index is -3.85. The summed E-state index contributed by atoms with van der Waals surface area (Å²) in [4.78, 5) is 15.1. The van der Waals surface area contributed by atoms with Crippen LogP contribution in [0.5, 0.6) is 0 Å². The molecule has 0 saturated carbocycles. The van der Waals surface area contributed by atoms with Crippen molar-refractivity contribution >= 4 is 26.4 Å². The van der Waals surface area contributed by atoms with Crippen LogP contribution in [0.1, 0.15) is 0 Å². The van der Waals surface area contributed by atoms with Gasteiger partial charge in [-0.15, -0.1) is 3.77 Å².